The predicted molar refractivity (Wildman–Crippen MR) is 54.5 cm³/mol. The van der Waals surface area contributed by atoms with E-state index in [0.717, 1.165) is 18.2 Å². The van der Waals surface area contributed by atoms with Crippen molar-refractivity contribution in [3.63, 3.8) is 0 Å². The van der Waals surface area contributed by atoms with Crippen LogP contribution in [0.2, 0.25) is 0 Å². The van der Waals surface area contributed by atoms with Gasteiger partial charge in [-0.15, -0.1) is 0 Å². The predicted octanol–water partition coefficient (Wildman–Crippen LogP) is 3.74. The SMILES string of the molecule is CC.Cc1cc(C(=O)O)ccc1C(F)(F)F. The molecule has 1 aromatic rings. The third-order valence-electron chi connectivity index (χ3n) is 1.78. The number of aryl methyl sites for hydroxylation is 1. The van der Waals surface area contributed by atoms with Crippen molar-refractivity contribution in [3.8, 4) is 0 Å². The summed E-state index contributed by atoms with van der Waals surface area (Å²) in [5, 5.41) is 8.52. The number of alkyl halides is 3. The van der Waals surface area contributed by atoms with Gasteiger partial charge in [0.15, 0.2) is 0 Å². The number of aromatic carboxylic acids is 1. The summed E-state index contributed by atoms with van der Waals surface area (Å²) in [5.74, 6) is -1.23. The van der Waals surface area contributed by atoms with Crippen molar-refractivity contribution in [3.05, 3.63) is 34.9 Å². The summed E-state index contributed by atoms with van der Waals surface area (Å²) in [6, 6.07) is 2.72. The first-order valence-electron chi connectivity index (χ1n) is 4.73. The molecule has 90 valence electrons. The van der Waals surface area contributed by atoms with Crippen molar-refractivity contribution in [1.82, 2.24) is 0 Å². The summed E-state index contributed by atoms with van der Waals surface area (Å²) < 4.78 is 36.7. The number of carbonyl (C=O) groups is 1. The van der Waals surface area contributed by atoms with E-state index in [9.17, 15) is 18.0 Å². The van der Waals surface area contributed by atoms with Crippen molar-refractivity contribution in [2.45, 2.75) is 26.9 Å². The van der Waals surface area contributed by atoms with Gasteiger partial charge in [-0.1, -0.05) is 13.8 Å². The van der Waals surface area contributed by atoms with Crippen LogP contribution >= 0.6 is 0 Å². The largest absolute Gasteiger partial charge is 0.478 e. The summed E-state index contributed by atoms with van der Waals surface area (Å²) in [7, 11) is 0. The average molecular weight is 234 g/mol. The third kappa shape index (κ3) is 3.56. The van der Waals surface area contributed by atoms with Crippen LogP contribution in [0.3, 0.4) is 0 Å². The molecule has 0 saturated heterocycles. The van der Waals surface area contributed by atoms with Gasteiger partial charge in [0, 0.05) is 0 Å². The lowest BCUT2D eigenvalue weighted by molar-refractivity contribution is -0.138. The topological polar surface area (TPSA) is 37.3 Å². The number of halogens is 3. The lowest BCUT2D eigenvalue weighted by Gasteiger charge is -2.09. The molecule has 0 aliphatic heterocycles. The first kappa shape index (κ1) is 14.5. The van der Waals surface area contributed by atoms with Gasteiger partial charge in [0.2, 0.25) is 0 Å². The molecule has 0 fully saturated rings. The molecule has 1 N–H and O–H groups in total. The van der Waals surface area contributed by atoms with Crippen LogP contribution in [0, 0.1) is 6.92 Å². The van der Waals surface area contributed by atoms with Gasteiger partial charge in [-0.25, -0.2) is 4.79 Å². The van der Waals surface area contributed by atoms with Gasteiger partial charge >= 0.3 is 12.1 Å². The van der Waals surface area contributed by atoms with Crippen LogP contribution in [0.15, 0.2) is 18.2 Å². The molecule has 0 aliphatic rings. The van der Waals surface area contributed by atoms with E-state index in [4.69, 9.17) is 5.11 Å². The second-order valence-corrected chi connectivity index (χ2v) is 2.83. The van der Waals surface area contributed by atoms with Gasteiger partial charge in [0.1, 0.15) is 0 Å². The van der Waals surface area contributed by atoms with Crippen LogP contribution in [0.1, 0.15) is 35.3 Å². The minimum atomic E-state index is -4.43. The first-order chi connectivity index (χ1) is 7.32. The summed E-state index contributed by atoms with van der Waals surface area (Å²) in [4.78, 5) is 10.4. The van der Waals surface area contributed by atoms with Gasteiger partial charge in [-0.2, -0.15) is 13.2 Å². The highest BCUT2D eigenvalue weighted by molar-refractivity contribution is 5.87. The first-order valence-corrected chi connectivity index (χ1v) is 4.73. The fourth-order valence-corrected chi connectivity index (χ4v) is 1.11. The Morgan fingerprint density at radius 2 is 1.75 bits per heavy atom. The van der Waals surface area contributed by atoms with Crippen molar-refractivity contribution in [1.29, 1.82) is 0 Å². The van der Waals surface area contributed by atoms with Gasteiger partial charge in [-0.05, 0) is 30.7 Å². The molecule has 0 bridgehead atoms. The third-order valence-corrected chi connectivity index (χ3v) is 1.78. The molecular weight excluding hydrogens is 221 g/mol. The number of carboxylic acids is 1. The Labute approximate surface area is 91.7 Å². The molecule has 0 aliphatic carbocycles. The molecular formula is C11H13F3O2. The van der Waals surface area contributed by atoms with Crippen molar-refractivity contribution < 1.29 is 23.1 Å². The molecule has 16 heavy (non-hydrogen) atoms. The van der Waals surface area contributed by atoms with E-state index in [1.165, 1.54) is 6.92 Å². The van der Waals surface area contributed by atoms with Crippen LogP contribution in [0.4, 0.5) is 13.2 Å². The Hall–Kier alpha value is -1.52. The average Bonchev–Trinajstić information content (AvgIpc) is 2.18. The van der Waals surface area contributed by atoms with Crippen LogP contribution in [-0.4, -0.2) is 11.1 Å². The zero-order valence-corrected chi connectivity index (χ0v) is 9.22. The Morgan fingerprint density at radius 1 is 1.25 bits per heavy atom. The van der Waals surface area contributed by atoms with Crippen LogP contribution in [-0.2, 0) is 6.18 Å². The van der Waals surface area contributed by atoms with Crippen LogP contribution in [0.25, 0.3) is 0 Å². The van der Waals surface area contributed by atoms with E-state index in [1.54, 1.807) is 0 Å². The highest BCUT2D eigenvalue weighted by Crippen LogP contribution is 2.31. The second-order valence-electron chi connectivity index (χ2n) is 2.83. The smallest absolute Gasteiger partial charge is 0.416 e. The fraction of sp³-hybridized carbons (Fsp3) is 0.364. The Morgan fingerprint density at radius 3 is 2.06 bits per heavy atom. The van der Waals surface area contributed by atoms with Gasteiger partial charge in [0.25, 0.3) is 0 Å². The number of hydrogen-bond acceptors (Lipinski definition) is 1. The molecule has 2 nitrogen and oxygen atoms in total. The standard InChI is InChI=1S/C9H7F3O2.C2H6/c1-5-4-6(8(13)14)2-3-7(5)9(10,11)12;1-2/h2-4H,1H3,(H,13,14);1-2H3. The molecule has 0 spiro atoms. The fourth-order valence-electron chi connectivity index (χ4n) is 1.11. The quantitative estimate of drug-likeness (QED) is 0.803. The van der Waals surface area contributed by atoms with E-state index < -0.39 is 17.7 Å². The highest BCUT2D eigenvalue weighted by Gasteiger charge is 2.32. The minimum absolute atomic E-state index is 0.0857. The molecule has 0 amide bonds. The molecule has 5 heteroatoms. The normalized spacial score (nSPS) is 10.4. The monoisotopic (exact) mass is 234 g/mol. The number of benzene rings is 1. The molecule has 0 saturated carbocycles. The molecule has 0 radical (unpaired) electrons. The van der Waals surface area contributed by atoms with E-state index in [2.05, 4.69) is 0 Å². The maximum Gasteiger partial charge on any atom is 0.416 e. The van der Waals surface area contributed by atoms with E-state index in [0.29, 0.717) is 0 Å². The van der Waals surface area contributed by atoms with Gasteiger partial charge < -0.3 is 5.11 Å². The molecule has 1 aromatic carbocycles. The molecule has 0 aromatic heterocycles. The summed E-state index contributed by atoms with van der Waals surface area (Å²) in [6.07, 6.45) is -4.43. The lowest BCUT2D eigenvalue weighted by atomic mass is 10.1. The number of rotatable bonds is 1. The molecule has 0 heterocycles. The Bertz CT molecular complexity index is 370. The van der Waals surface area contributed by atoms with E-state index in [-0.39, 0.29) is 11.1 Å². The summed E-state index contributed by atoms with van der Waals surface area (Å²) >= 11 is 0. The van der Waals surface area contributed by atoms with Crippen LogP contribution < -0.4 is 0 Å². The maximum atomic E-state index is 12.2. The van der Waals surface area contributed by atoms with E-state index >= 15 is 0 Å². The second kappa shape index (κ2) is 5.53. The number of carboxylic acid groups (broad SMARTS) is 1. The van der Waals surface area contributed by atoms with Crippen LogP contribution in [0.5, 0.6) is 0 Å². The van der Waals surface area contributed by atoms with Crippen molar-refractivity contribution in [2.24, 2.45) is 0 Å². The van der Waals surface area contributed by atoms with Gasteiger partial charge in [-0.3, -0.25) is 0 Å². The highest BCUT2D eigenvalue weighted by atomic mass is 19.4. The zero-order chi connectivity index (χ0) is 12.9. The molecule has 1 rings (SSSR count). The molecule has 0 atom stereocenters. The summed E-state index contributed by atoms with van der Waals surface area (Å²) in [6.45, 7) is 5.23. The van der Waals surface area contributed by atoms with Crippen molar-refractivity contribution >= 4 is 5.97 Å². The zero-order valence-electron chi connectivity index (χ0n) is 9.22. The maximum absolute atomic E-state index is 12.2. The Kier molecular flexibility index (Phi) is 5.01. The number of hydrogen-bond donors (Lipinski definition) is 1. The summed E-state index contributed by atoms with van der Waals surface area (Å²) in [5.41, 5.74) is -1.03. The van der Waals surface area contributed by atoms with Crippen molar-refractivity contribution in [2.75, 3.05) is 0 Å². The minimum Gasteiger partial charge on any atom is -0.478 e. The van der Waals surface area contributed by atoms with E-state index in [1.807, 2.05) is 13.8 Å². The van der Waals surface area contributed by atoms with Gasteiger partial charge in [0.05, 0.1) is 11.1 Å². The lowest BCUT2D eigenvalue weighted by Crippen LogP contribution is -2.08. The molecule has 0 unspecified atom stereocenters. The Balaban J connectivity index is 0.00000106.